The molecule has 0 bridgehead atoms. The Morgan fingerprint density at radius 3 is 2.84 bits per heavy atom. The van der Waals surface area contributed by atoms with Gasteiger partial charge in [-0.1, -0.05) is 13.8 Å². The molecular weight excluding hydrogens is 244 g/mol. The maximum atomic E-state index is 11.9. The highest BCUT2D eigenvalue weighted by molar-refractivity contribution is 5.95. The third kappa shape index (κ3) is 3.47. The van der Waals surface area contributed by atoms with Gasteiger partial charge in [0.05, 0.1) is 0 Å². The Bertz CT molecular complexity index is 509. The molecule has 1 aliphatic heterocycles. The summed E-state index contributed by atoms with van der Waals surface area (Å²) in [5.41, 5.74) is 3.96. The summed E-state index contributed by atoms with van der Waals surface area (Å²) in [5.74, 6) is 1.53. The third-order valence-corrected chi connectivity index (χ3v) is 2.69. The van der Waals surface area contributed by atoms with Crippen molar-refractivity contribution >= 4 is 11.6 Å². The molecule has 1 aromatic carbocycles. The van der Waals surface area contributed by atoms with Gasteiger partial charge in [0.1, 0.15) is 0 Å². The maximum Gasteiger partial charge on any atom is 0.271 e. The van der Waals surface area contributed by atoms with Gasteiger partial charge in [-0.15, -0.1) is 0 Å². The van der Waals surface area contributed by atoms with Gasteiger partial charge in [0, 0.05) is 11.3 Å². The van der Waals surface area contributed by atoms with Gasteiger partial charge in [0.25, 0.3) is 5.91 Å². The zero-order valence-electron chi connectivity index (χ0n) is 11.4. The van der Waals surface area contributed by atoms with Crippen LogP contribution in [-0.2, 0) is 0 Å². The first kappa shape index (κ1) is 13.4. The van der Waals surface area contributed by atoms with E-state index < -0.39 is 0 Å². The van der Waals surface area contributed by atoms with E-state index in [1.165, 1.54) is 0 Å². The summed E-state index contributed by atoms with van der Waals surface area (Å²) in [5, 5.41) is 4.08. The average Bonchev–Trinajstić information content (AvgIpc) is 2.82. The predicted octanol–water partition coefficient (Wildman–Crippen LogP) is 2.57. The van der Waals surface area contributed by atoms with Gasteiger partial charge in [0.2, 0.25) is 6.79 Å². The molecule has 0 atom stereocenters. The number of nitrogens with zero attached hydrogens (tertiary/aromatic N) is 1. The minimum Gasteiger partial charge on any atom is -0.454 e. The molecule has 2 rings (SSSR count). The number of rotatable bonds is 4. The Balaban J connectivity index is 2.00. The summed E-state index contributed by atoms with van der Waals surface area (Å²) in [6.45, 7) is 6.32. The van der Waals surface area contributed by atoms with Crippen molar-refractivity contribution in [2.45, 2.75) is 27.2 Å². The maximum absolute atomic E-state index is 11.9. The summed E-state index contributed by atoms with van der Waals surface area (Å²) >= 11 is 0. The monoisotopic (exact) mass is 262 g/mol. The molecule has 1 amide bonds. The minimum atomic E-state index is -0.249. The first-order valence-corrected chi connectivity index (χ1v) is 6.29. The first-order chi connectivity index (χ1) is 9.06. The molecular formula is C14H18N2O3. The molecule has 1 aromatic rings. The SMILES string of the molecule is C/C(CC(C)C)=N\NC(=O)c1ccc2c(c1)OCO2. The molecule has 19 heavy (non-hydrogen) atoms. The quantitative estimate of drug-likeness (QED) is 0.670. The number of fused-ring (bicyclic) bond motifs is 1. The van der Waals surface area contributed by atoms with Crippen molar-refractivity contribution in [2.24, 2.45) is 11.0 Å². The zero-order chi connectivity index (χ0) is 13.8. The number of nitrogens with one attached hydrogen (secondary N) is 1. The Kier molecular flexibility index (Phi) is 4.04. The summed E-state index contributed by atoms with van der Waals surface area (Å²) in [7, 11) is 0. The van der Waals surface area contributed by atoms with Gasteiger partial charge >= 0.3 is 0 Å². The van der Waals surface area contributed by atoms with Crippen LogP contribution in [0.15, 0.2) is 23.3 Å². The number of hydrazone groups is 1. The molecule has 0 saturated heterocycles. The molecule has 1 N–H and O–H groups in total. The normalized spacial score (nSPS) is 13.8. The third-order valence-electron chi connectivity index (χ3n) is 2.69. The van der Waals surface area contributed by atoms with E-state index in [4.69, 9.17) is 9.47 Å². The predicted molar refractivity (Wildman–Crippen MR) is 72.6 cm³/mol. The largest absolute Gasteiger partial charge is 0.454 e. The van der Waals surface area contributed by atoms with Crippen molar-refractivity contribution in [3.05, 3.63) is 23.8 Å². The lowest BCUT2D eigenvalue weighted by Gasteiger charge is -2.05. The average molecular weight is 262 g/mol. The number of carbonyl (C=O) groups excluding carboxylic acids is 1. The van der Waals surface area contributed by atoms with Crippen LogP contribution in [0.4, 0.5) is 0 Å². The van der Waals surface area contributed by atoms with Crippen LogP contribution in [0.2, 0.25) is 0 Å². The fourth-order valence-corrected chi connectivity index (χ4v) is 1.88. The van der Waals surface area contributed by atoms with Crippen molar-refractivity contribution < 1.29 is 14.3 Å². The lowest BCUT2D eigenvalue weighted by Crippen LogP contribution is -2.19. The van der Waals surface area contributed by atoms with Crippen LogP contribution in [0, 0.1) is 5.92 Å². The van der Waals surface area contributed by atoms with E-state index in [-0.39, 0.29) is 12.7 Å². The van der Waals surface area contributed by atoms with Crippen LogP contribution in [-0.4, -0.2) is 18.4 Å². The molecule has 102 valence electrons. The lowest BCUT2D eigenvalue weighted by atomic mass is 10.1. The van der Waals surface area contributed by atoms with Crippen LogP contribution in [0.1, 0.15) is 37.6 Å². The molecule has 0 saturated carbocycles. The zero-order valence-corrected chi connectivity index (χ0v) is 11.4. The molecule has 1 aliphatic rings. The van der Waals surface area contributed by atoms with Gasteiger partial charge in [-0.3, -0.25) is 4.79 Å². The van der Waals surface area contributed by atoms with Gasteiger partial charge in [0.15, 0.2) is 11.5 Å². The summed E-state index contributed by atoms with van der Waals surface area (Å²) in [6.07, 6.45) is 0.863. The van der Waals surface area contributed by atoms with Crippen LogP contribution in [0.25, 0.3) is 0 Å². The van der Waals surface area contributed by atoms with Crippen LogP contribution >= 0.6 is 0 Å². The minimum absolute atomic E-state index is 0.200. The Morgan fingerprint density at radius 2 is 2.11 bits per heavy atom. The number of hydrogen-bond donors (Lipinski definition) is 1. The molecule has 0 unspecified atom stereocenters. The number of benzene rings is 1. The number of hydrogen-bond acceptors (Lipinski definition) is 4. The molecule has 1 heterocycles. The molecule has 0 spiro atoms. The van der Waals surface area contributed by atoms with E-state index in [0.717, 1.165) is 12.1 Å². The number of ether oxygens (including phenoxy) is 2. The van der Waals surface area contributed by atoms with E-state index in [1.54, 1.807) is 18.2 Å². The summed E-state index contributed by atoms with van der Waals surface area (Å²) in [6, 6.07) is 5.07. The fourth-order valence-electron chi connectivity index (χ4n) is 1.88. The second-order valence-corrected chi connectivity index (χ2v) is 4.95. The van der Waals surface area contributed by atoms with E-state index in [9.17, 15) is 4.79 Å². The summed E-state index contributed by atoms with van der Waals surface area (Å²) < 4.78 is 10.4. The van der Waals surface area contributed by atoms with Gasteiger partial charge in [-0.25, -0.2) is 5.43 Å². The second kappa shape index (κ2) is 5.73. The molecule has 0 aliphatic carbocycles. The lowest BCUT2D eigenvalue weighted by molar-refractivity contribution is 0.0954. The van der Waals surface area contributed by atoms with Crippen LogP contribution < -0.4 is 14.9 Å². The van der Waals surface area contributed by atoms with E-state index in [1.807, 2.05) is 6.92 Å². The van der Waals surface area contributed by atoms with Crippen molar-refractivity contribution in [3.8, 4) is 11.5 Å². The van der Waals surface area contributed by atoms with Crippen LogP contribution in [0.3, 0.4) is 0 Å². The molecule has 0 fully saturated rings. The van der Waals surface area contributed by atoms with E-state index in [0.29, 0.717) is 23.0 Å². The second-order valence-electron chi connectivity index (χ2n) is 4.95. The van der Waals surface area contributed by atoms with Crippen molar-refractivity contribution in [2.75, 3.05) is 6.79 Å². The van der Waals surface area contributed by atoms with Crippen molar-refractivity contribution in [1.29, 1.82) is 0 Å². The number of carbonyl (C=O) groups is 1. The highest BCUT2D eigenvalue weighted by atomic mass is 16.7. The highest BCUT2D eigenvalue weighted by Crippen LogP contribution is 2.32. The standard InChI is InChI=1S/C14H18N2O3/c1-9(2)6-10(3)15-16-14(17)11-4-5-12-13(7-11)19-8-18-12/h4-5,7,9H,6,8H2,1-3H3,(H,16,17)/b15-10+. The Morgan fingerprint density at radius 1 is 1.37 bits per heavy atom. The molecule has 5 nitrogen and oxygen atoms in total. The van der Waals surface area contributed by atoms with Gasteiger partial charge < -0.3 is 9.47 Å². The van der Waals surface area contributed by atoms with E-state index >= 15 is 0 Å². The van der Waals surface area contributed by atoms with Crippen molar-refractivity contribution in [3.63, 3.8) is 0 Å². The Labute approximate surface area is 112 Å². The van der Waals surface area contributed by atoms with Gasteiger partial charge in [-0.05, 0) is 37.5 Å². The van der Waals surface area contributed by atoms with E-state index in [2.05, 4.69) is 24.4 Å². The highest BCUT2D eigenvalue weighted by Gasteiger charge is 2.15. The Hall–Kier alpha value is -2.04. The number of amides is 1. The van der Waals surface area contributed by atoms with Crippen molar-refractivity contribution in [1.82, 2.24) is 5.43 Å². The first-order valence-electron chi connectivity index (χ1n) is 6.29. The smallest absolute Gasteiger partial charge is 0.271 e. The molecule has 0 radical (unpaired) electrons. The topological polar surface area (TPSA) is 59.9 Å². The van der Waals surface area contributed by atoms with Gasteiger partial charge in [-0.2, -0.15) is 5.10 Å². The molecule has 5 heteroatoms. The fraction of sp³-hybridized carbons (Fsp3) is 0.429. The van der Waals surface area contributed by atoms with Crippen LogP contribution in [0.5, 0.6) is 11.5 Å². The summed E-state index contributed by atoms with van der Waals surface area (Å²) in [4.78, 5) is 11.9. The molecule has 0 aromatic heterocycles.